The van der Waals surface area contributed by atoms with Crippen LogP contribution in [0.15, 0.2) is 36.7 Å². The predicted octanol–water partition coefficient (Wildman–Crippen LogP) is 3.89. The molecule has 0 unspecified atom stereocenters. The van der Waals surface area contributed by atoms with Gasteiger partial charge in [-0.15, -0.1) is 0 Å². The van der Waals surface area contributed by atoms with E-state index in [2.05, 4.69) is 4.98 Å². The highest BCUT2D eigenvalue weighted by Crippen LogP contribution is 2.29. The first-order valence-corrected chi connectivity index (χ1v) is 9.41. The normalized spacial score (nSPS) is 14.0. The molecule has 1 aliphatic carbocycles. The van der Waals surface area contributed by atoms with Crippen molar-refractivity contribution >= 4 is 0 Å². The monoisotopic (exact) mass is 407 g/mol. The van der Waals surface area contributed by atoms with Gasteiger partial charge in [0.15, 0.2) is 0 Å². The molecule has 0 atom stereocenters. The second-order valence-corrected chi connectivity index (χ2v) is 7.37. The van der Waals surface area contributed by atoms with Crippen molar-refractivity contribution in [1.82, 2.24) is 24.2 Å². The van der Waals surface area contributed by atoms with E-state index >= 15 is 0 Å². The van der Waals surface area contributed by atoms with Crippen molar-refractivity contribution in [3.8, 4) is 5.69 Å². The lowest BCUT2D eigenvalue weighted by molar-refractivity contribution is -0.141. The van der Waals surface area contributed by atoms with Gasteiger partial charge in [-0.3, -0.25) is 4.90 Å². The molecule has 2 heterocycles. The minimum absolute atomic E-state index is 0.279. The standard InChI is InChI=1S/C20H21F4N5/c1-27(12-19-25-9-10-28(19)13-20(22,23)24)11-17-16-3-2-4-18(16)29(26-17)15-7-5-14(21)6-8-15/h5-10H,2-4,11-13H2,1H3. The third-order valence-electron chi connectivity index (χ3n) is 5.07. The average Bonchev–Trinajstić information content (AvgIpc) is 3.34. The van der Waals surface area contributed by atoms with Crippen LogP contribution in [0.3, 0.4) is 0 Å². The molecule has 2 aromatic heterocycles. The Morgan fingerprint density at radius 3 is 2.59 bits per heavy atom. The zero-order valence-electron chi connectivity index (χ0n) is 16.0. The molecule has 0 saturated carbocycles. The summed E-state index contributed by atoms with van der Waals surface area (Å²) < 4.78 is 54.4. The number of rotatable bonds is 6. The number of halogens is 4. The van der Waals surface area contributed by atoms with Crippen molar-refractivity contribution in [2.24, 2.45) is 0 Å². The first-order chi connectivity index (χ1) is 13.8. The van der Waals surface area contributed by atoms with E-state index in [4.69, 9.17) is 5.10 Å². The van der Waals surface area contributed by atoms with Crippen LogP contribution in [0.2, 0.25) is 0 Å². The van der Waals surface area contributed by atoms with Crippen molar-refractivity contribution in [3.05, 3.63) is 65.3 Å². The fourth-order valence-electron chi connectivity index (χ4n) is 3.82. The Balaban J connectivity index is 1.52. The van der Waals surface area contributed by atoms with Gasteiger partial charge in [-0.25, -0.2) is 14.1 Å². The zero-order chi connectivity index (χ0) is 20.6. The molecule has 0 bridgehead atoms. The Bertz CT molecular complexity index is 987. The number of hydrogen-bond acceptors (Lipinski definition) is 3. The summed E-state index contributed by atoms with van der Waals surface area (Å²) in [6, 6.07) is 6.21. The van der Waals surface area contributed by atoms with Gasteiger partial charge in [-0.1, -0.05) is 0 Å². The fraction of sp³-hybridized carbons (Fsp3) is 0.400. The van der Waals surface area contributed by atoms with Gasteiger partial charge in [-0.2, -0.15) is 18.3 Å². The summed E-state index contributed by atoms with van der Waals surface area (Å²) in [6.45, 7) is -0.276. The summed E-state index contributed by atoms with van der Waals surface area (Å²) in [6.07, 6.45) is 1.29. The molecular weight excluding hydrogens is 386 g/mol. The lowest BCUT2D eigenvalue weighted by Gasteiger charge is -2.17. The molecule has 0 amide bonds. The van der Waals surface area contributed by atoms with E-state index in [1.807, 2.05) is 16.6 Å². The van der Waals surface area contributed by atoms with Crippen molar-refractivity contribution in [2.45, 2.75) is 45.1 Å². The molecule has 3 aromatic rings. The van der Waals surface area contributed by atoms with Gasteiger partial charge < -0.3 is 4.57 Å². The van der Waals surface area contributed by atoms with E-state index in [-0.39, 0.29) is 12.4 Å². The highest BCUT2D eigenvalue weighted by Gasteiger charge is 2.29. The van der Waals surface area contributed by atoms with Gasteiger partial charge in [0.05, 0.1) is 17.9 Å². The molecule has 0 aliphatic heterocycles. The maximum Gasteiger partial charge on any atom is 0.406 e. The van der Waals surface area contributed by atoms with Gasteiger partial charge in [0.25, 0.3) is 0 Å². The van der Waals surface area contributed by atoms with Gasteiger partial charge >= 0.3 is 6.18 Å². The van der Waals surface area contributed by atoms with Gasteiger partial charge in [-0.05, 0) is 56.1 Å². The number of imidazole rings is 1. The molecule has 9 heteroatoms. The van der Waals surface area contributed by atoms with Crippen LogP contribution in [-0.2, 0) is 32.5 Å². The number of hydrogen-bond donors (Lipinski definition) is 0. The van der Waals surface area contributed by atoms with Crippen molar-refractivity contribution in [1.29, 1.82) is 0 Å². The Morgan fingerprint density at radius 1 is 1.10 bits per heavy atom. The Labute approximate surface area is 165 Å². The maximum atomic E-state index is 13.3. The Hall–Kier alpha value is -2.68. The average molecular weight is 407 g/mol. The molecule has 1 aromatic carbocycles. The van der Waals surface area contributed by atoms with Crippen molar-refractivity contribution < 1.29 is 17.6 Å². The zero-order valence-corrected chi connectivity index (χ0v) is 16.0. The predicted molar refractivity (Wildman–Crippen MR) is 99.0 cm³/mol. The van der Waals surface area contributed by atoms with Crippen LogP contribution in [-0.4, -0.2) is 37.5 Å². The van der Waals surface area contributed by atoms with Crippen LogP contribution >= 0.6 is 0 Å². The number of alkyl halides is 3. The topological polar surface area (TPSA) is 38.9 Å². The van der Waals surface area contributed by atoms with Gasteiger partial charge in [0, 0.05) is 24.6 Å². The number of benzene rings is 1. The van der Waals surface area contributed by atoms with Gasteiger partial charge in [0.1, 0.15) is 18.2 Å². The second kappa shape index (κ2) is 7.62. The molecule has 1 aliphatic rings. The number of fused-ring (bicyclic) bond motifs is 1. The lowest BCUT2D eigenvalue weighted by atomic mass is 10.2. The minimum atomic E-state index is -4.29. The minimum Gasteiger partial charge on any atom is -0.325 e. The molecule has 4 rings (SSSR count). The first kappa shape index (κ1) is 19.6. The van der Waals surface area contributed by atoms with Crippen molar-refractivity contribution in [3.63, 3.8) is 0 Å². The van der Waals surface area contributed by atoms with E-state index in [0.29, 0.717) is 12.4 Å². The van der Waals surface area contributed by atoms with Crippen LogP contribution in [0.25, 0.3) is 5.69 Å². The van der Waals surface area contributed by atoms with E-state index in [0.717, 1.165) is 40.9 Å². The first-order valence-electron chi connectivity index (χ1n) is 9.41. The summed E-state index contributed by atoms with van der Waals surface area (Å²) in [4.78, 5) is 5.98. The highest BCUT2D eigenvalue weighted by molar-refractivity contribution is 5.40. The van der Waals surface area contributed by atoms with Crippen LogP contribution < -0.4 is 0 Å². The highest BCUT2D eigenvalue weighted by atomic mass is 19.4. The van der Waals surface area contributed by atoms with E-state index in [1.54, 1.807) is 12.1 Å². The van der Waals surface area contributed by atoms with Crippen molar-refractivity contribution in [2.75, 3.05) is 7.05 Å². The van der Waals surface area contributed by atoms with Crippen LogP contribution in [0.4, 0.5) is 17.6 Å². The molecule has 0 fully saturated rings. The Morgan fingerprint density at radius 2 is 1.86 bits per heavy atom. The van der Waals surface area contributed by atoms with E-state index in [1.165, 1.54) is 30.1 Å². The summed E-state index contributed by atoms with van der Waals surface area (Å²) in [7, 11) is 1.84. The lowest BCUT2D eigenvalue weighted by Crippen LogP contribution is -2.24. The largest absolute Gasteiger partial charge is 0.406 e. The van der Waals surface area contributed by atoms with Crippen LogP contribution in [0.5, 0.6) is 0 Å². The number of nitrogens with zero attached hydrogens (tertiary/aromatic N) is 5. The molecule has 29 heavy (non-hydrogen) atoms. The molecule has 154 valence electrons. The quantitative estimate of drug-likeness (QED) is 0.582. The molecule has 0 spiro atoms. The molecule has 5 nitrogen and oxygen atoms in total. The maximum absolute atomic E-state index is 13.3. The third kappa shape index (κ3) is 4.34. The molecule has 0 radical (unpaired) electrons. The summed E-state index contributed by atoms with van der Waals surface area (Å²) in [5, 5.41) is 4.73. The second-order valence-electron chi connectivity index (χ2n) is 7.37. The van der Waals surface area contributed by atoms with E-state index in [9.17, 15) is 17.6 Å². The van der Waals surface area contributed by atoms with E-state index < -0.39 is 12.7 Å². The SMILES string of the molecule is CN(Cc1nn(-c2ccc(F)cc2)c2c1CCC2)Cc1nccn1CC(F)(F)F. The van der Waals surface area contributed by atoms with Crippen LogP contribution in [0, 0.1) is 5.82 Å². The number of aromatic nitrogens is 4. The Kier molecular flexibility index (Phi) is 5.16. The van der Waals surface area contributed by atoms with Crippen LogP contribution in [0.1, 0.15) is 29.2 Å². The molecule has 0 saturated heterocycles. The molecular formula is C20H21F4N5. The summed E-state index contributed by atoms with van der Waals surface area (Å²) in [5.41, 5.74) is 4.01. The summed E-state index contributed by atoms with van der Waals surface area (Å²) >= 11 is 0. The smallest absolute Gasteiger partial charge is 0.325 e. The van der Waals surface area contributed by atoms with Gasteiger partial charge in [0.2, 0.25) is 0 Å². The third-order valence-corrected chi connectivity index (χ3v) is 5.07. The summed E-state index contributed by atoms with van der Waals surface area (Å²) in [5.74, 6) is 0.0614. The molecule has 0 N–H and O–H groups in total. The fourth-order valence-corrected chi connectivity index (χ4v) is 3.82.